The third-order valence-corrected chi connectivity index (χ3v) is 4.15. The van der Waals surface area contributed by atoms with E-state index in [1.807, 2.05) is 0 Å². The van der Waals surface area contributed by atoms with E-state index in [1.54, 1.807) is 6.07 Å². The van der Waals surface area contributed by atoms with Gasteiger partial charge < -0.3 is 16.4 Å². The Bertz CT molecular complexity index is 626. The molecular weight excluding hydrogens is 292 g/mol. The number of nitrogen functional groups attached to an aromatic ring is 1. The topological polar surface area (TPSA) is 127 Å². The molecule has 0 aromatic heterocycles. The van der Waals surface area contributed by atoms with Gasteiger partial charge in [-0.3, -0.25) is 4.79 Å². The second-order valence-corrected chi connectivity index (χ2v) is 6.70. The van der Waals surface area contributed by atoms with Gasteiger partial charge in [-0.15, -0.1) is 0 Å². The highest BCUT2D eigenvalue weighted by Crippen LogP contribution is 2.21. The summed E-state index contributed by atoms with van der Waals surface area (Å²) >= 11 is 0. The van der Waals surface area contributed by atoms with Crippen LogP contribution in [0.5, 0.6) is 0 Å². The number of sulfonamides is 1. The molecule has 2 rings (SSSR count). The Morgan fingerprint density at radius 2 is 2.05 bits per heavy atom. The van der Waals surface area contributed by atoms with Crippen molar-refractivity contribution in [1.82, 2.24) is 5.32 Å². The number of hydrogen-bond acceptors (Lipinski definition) is 5. The molecular formula is C13H20N4O3S. The maximum Gasteiger partial charge on any atom is 0.240 e. The molecule has 0 atom stereocenters. The van der Waals surface area contributed by atoms with Gasteiger partial charge in [0.2, 0.25) is 15.9 Å². The molecule has 0 spiro atoms. The number of anilines is 2. The van der Waals surface area contributed by atoms with E-state index < -0.39 is 10.0 Å². The number of nitrogens with one attached hydrogen (secondary N) is 2. The van der Waals surface area contributed by atoms with Crippen molar-refractivity contribution in [3.63, 3.8) is 0 Å². The van der Waals surface area contributed by atoms with Gasteiger partial charge in [0.15, 0.2) is 0 Å². The van der Waals surface area contributed by atoms with Crippen LogP contribution in [-0.4, -0.2) is 26.9 Å². The average Bonchev–Trinajstić information content (AvgIpc) is 3.17. The first kappa shape index (κ1) is 15.6. The highest BCUT2D eigenvalue weighted by Gasteiger charge is 2.22. The minimum atomic E-state index is -3.80. The van der Waals surface area contributed by atoms with Crippen LogP contribution in [0.4, 0.5) is 11.4 Å². The van der Waals surface area contributed by atoms with Gasteiger partial charge in [0.1, 0.15) is 4.90 Å². The molecule has 1 aromatic rings. The van der Waals surface area contributed by atoms with Gasteiger partial charge >= 0.3 is 0 Å². The fourth-order valence-corrected chi connectivity index (χ4v) is 2.57. The first-order valence-electron chi connectivity index (χ1n) is 6.82. The zero-order chi connectivity index (χ0) is 15.5. The van der Waals surface area contributed by atoms with Crippen molar-refractivity contribution in [2.45, 2.75) is 36.6 Å². The van der Waals surface area contributed by atoms with Crippen LogP contribution in [0.2, 0.25) is 0 Å². The zero-order valence-corrected chi connectivity index (χ0v) is 12.4. The van der Waals surface area contributed by atoms with Crippen molar-refractivity contribution >= 4 is 27.3 Å². The van der Waals surface area contributed by atoms with Gasteiger partial charge in [0.05, 0.1) is 5.69 Å². The SMILES string of the molecule is Nc1cc(NCCCC(=O)NC2CC2)ccc1S(N)(=O)=O. The summed E-state index contributed by atoms with van der Waals surface area (Å²) < 4.78 is 22.5. The summed E-state index contributed by atoms with van der Waals surface area (Å²) in [6.45, 7) is 0.603. The van der Waals surface area contributed by atoms with E-state index in [9.17, 15) is 13.2 Å². The number of amides is 1. The fraction of sp³-hybridized carbons (Fsp3) is 0.462. The summed E-state index contributed by atoms with van der Waals surface area (Å²) in [5, 5.41) is 11.0. The summed E-state index contributed by atoms with van der Waals surface area (Å²) in [6, 6.07) is 4.87. The van der Waals surface area contributed by atoms with Crippen molar-refractivity contribution in [3.8, 4) is 0 Å². The predicted octanol–water partition coefficient (Wildman–Crippen LogP) is 0.387. The Balaban J connectivity index is 1.78. The van der Waals surface area contributed by atoms with Crippen LogP contribution < -0.4 is 21.5 Å². The van der Waals surface area contributed by atoms with Crippen LogP contribution in [0.3, 0.4) is 0 Å². The van der Waals surface area contributed by atoms with Crippen LogP contribution in [0.15, 0.2) is 23.1 Å². The summed E-state index contributed by atoms with van der Waals surface area (Å²) in [6.07, 6.45) is 3.32. The maximum absolute atomic E-state index is 11.5. The predicted molar refractivity (Wildman–Crippen MR) is 81.1 cm³/mol. The van der Waals surface area contributed by atoms with Gasteiger partial charge in [-0.25, -0.2) is 13.6 Å². The van der Waals surface area contributed by atoms with Crippen molar-refractivity contribution in [1.29, 1.82) is 0 Å². The van der Waals surface area contributed by atoms with Gasteiger partial charge in [-0.05, 0) is 37.5 Å². The summed E-state index contributed by atoms with van der Waals surface area (Å²) in [4.78, 5) is 11.4. The molecule has 0 bridgehead atoms. The van der Waals surface area contributed by atoms with Crippen molar-refractivity contribution < 1.29 is 13.2 Å². The lowest BCUT2D eigenvalue weighted by Crippen LogP contribution is -2.25. The average molecular weight is 312 g/mol. The van der Waals surface area contributed by atoms with E-state index >= 15 is 0 Å². The first-order chi connectivity index (χ1) is 9.86. The Hall–Kier alpha value is -1.80. The molecule has 8 heteroatoms. The normalized spacial score (nSPS) is 14.7. The van der Waals surface area contributed by atoms with Crippen LogP contribution in [-0.2, 0) is 14.8 Å². The number of carbonyl (C=O) groups is 1. The van der Waals surface area contributed by atoms with Gasteiger partial charge in [0.25, 0.3) is 0 Å². The van der Waals surface area contributed by atoms with Crippen LogP contribution in [0, 0.1) is 0 Å². The lowest BCUT2D eigenvalue weighted by molar-refractivity contribution is -0.121. The number of hydrogen-bond donors (Lipinski definition) is 4. The first-order valence-corrected chi connectivity index (χ1v) is 8.36. The minimum absolute atomic E-state index is 0.0726. The van der Waals surface area contributed by atoms with Crippen LogP contribution >= 0.6 is 0 Å². The maximum atomic E-state index is 11.5. The highest BCUT2D eigenvalue weighted by molar-refractivity contribution is 7.89. The number of benzene rings is 1. The molecule has 7 nitrogen and oxygen atoms in total. The lowest BCUT2D eigenvalue weighted by Gasteiger charge is -2.09. The fourth-order valence-electron chi connectivity index (χ4n) is 1.93. The highest BCUT2D eigenvalue weighted by atomic mass is 32.2. The molecule has 1 aromatic carbocycles. The molecule has 1 fully saturated rings. The Labute approximate surface area is 124 Å². The van der Waals surface area contributed by atoms with Crippen molar-refractivity contribution in [2.24, 2.45) is 5.14 Å². The smallest absolute Gasteiger partial charge is 0.240 e. The van der Waals surface area contributed by atoms with Crippen molar-refractivity contribution in [2.75, 3.05) is 17.6 Å². The standard InChI is InChI=1S/C13H20N4O3S/c14-11-8-10(5-6-12(11)21(15,19)20)16-7-1-2-13(18)17-9-3-4-9/h5-6,8-9,16H,1-4,7,14H2,(H,17,18)(H2,15,19,20). The molecule has 116 valence electrons. The van der Waals surface area contributed by atoms with E-state index in [0.29, 0.717) is 31.1 Å². The molecule has 1 saturated carbocycles. The van der Waals surface area contributed by atoms with Crippen LogP contribution in [0.1, 0.15) is 25.7 Å². The molecule has 1 aliphatic rings. The third-order valence-electron chi connectivity index (χ3n) is 3.17. The number of primary sulfonamides is 1. The molecule has 0 radical (unpaired) electrons. The molecule has 0 unspecified atom stereocenters. The number of carbonyl (C=O) groups excluding carboxylic acids is 1. The lowest BCUT2D eigenvalue weighted by atomic mass is 10.2. The summed E-state index contributed by atoms with van der Waals surface area (Å²) in [5.41, 5.74) is 6.46. The molecule has 0 heterocycles. The minimum Gasteiger partial charge on any atom is -0.398 e. The van der Waals surface area contributed by atoms with Gasteiger partial charge in [-0.1, -0.05) is 0 Å². The van der Waals surface area contributed by atoms with Crippen LogP contribution in [0.25, 0.3) is 0 Å². The Kier molecular flexibility index (Phi) is 4.69. The molecule has 1 aliphatic carbocycles. The number of nitrogens with two attached hydrogens (primary N) is 2. The molecule has 0 aliphatic heterocycles. The quantitative estimate of drug-likeness (QED) is 0.428. The van der Waals surface area contributed by atoms with Crippen molar-refractivity contribution in [3.05, 3.63) is 18.2 Å². The van der Waals surface area contributed by atoms with E-state index in [0.717, 1.165) is 12.8 Å². The largest absolute Gasteiger partial charge is 0.398 e. The summed E-state index contributed by atoms with van der Waals surface area (Å²) in [5.74, 6) is 0.0726. The van der Waals surface area contributed by atoms with Gasteiger partial charge in [0, 0.05) is 24.7 Å². The van der Waals surface area contributed by atoms with E-state index in [-0.39, 0.29) is 16.5 Å². The molecule has 21 heavy (non-hydrogen) atoms. The van der Waals surface area contributed by atoms with E-state index in [2.05, 4.69) is 10.6 Å². The second kappa shape index (κ2) is 6.31. The summed E-state index contributed by atoms with van der Waals surface area (Å²) in [7, 11) is -3.80. The van der Waals surface area contributed by atoms with Gasteiger partial charge in [-0.2, -0.15) is 0 Å². The number of rotatable bonds is 7. The Morgan fingerprint density at radius 1 is 1.33 bits per heavy atom. The second-order valence-electron chi connectivity index (χ2n) is 5.17. The van der Waals surface area contributed by atoms with E-state index in [1.165, 1.54) is 12.1 Å². The molecule has 1 amide bonds. The Morgan fingerprint density at radius 3 is 2.62 bits per heavy atom. The third kappa shape index (κ3) is 4.91. The monoisotopic (exact) mass is 312 g/mol. The zero-order valence-electron chi connectivity index (χ0n) is 11.6. The molecule has 0 saturated heterocycles. The molecule has 6 N–H and O–H groups in total. The van der Waals surface area contributed by atoms with E-state index in [4.69, 9.17) is 10.9 Å².